The monoisotopic (exact) mass is 345 g/mol. The zero-order valence-electron chi connectivity index (χ0n) is 14.8. The zero-order chi connectivity index (χ0) is 18.6. The highest BCUT2D eigenvalue weighted by Gasteiger charge is 2.23. The first-order chi connectivity index (χ1) is 11.8. The van der Waals surface area contributed by atoms with Gasteiger partial charge in [-0.3, -0.25) is 29.8 Å². The van der Waals surface area contributed by atoms with Gasteiger partial charge in [-0.25, -0.2) is 4.98 Å². The molecule has 0 fully saturated rings. The lowest BCUT2D eigenvalue weighted by molar-refractivity contribution is -0.128. The van der Waals surface area contributed by atoms with Crippen LogP contribution in [0.25, 0.3) is 10.9 Å². The highest BCUT2D eigenvalue weighted by Crippen LogP contribution is 2.10. The molecule has 0 saturated heterocycles. The van der Waals surface area contributed by atoms with Gasteiger partial charge < -0.3 is 5.32 Å². The first kappa shape index (κ1) is 18.4. The maximum Gasteiger partial charge on any atom is 0.262 e. The summed E-state index contributed by atoms with van der Waals surface area (Å²) in [6, 6.07) is 6.33. The molecule has 0 bridgehead atoms. The van der Waals surface area contributed by atoms with Crippen LogP contribution in [0.4, 0.5) is 5.95 Å². The molecular weight excluding hydrogens is 322 g/mol. The molecule has 0 aliphatic heterocycles. The predicted octanol–water partition coefficient (Wildman–Crippen LogP) is 1.02. The molecule has 1 aromatic heterocycles. The quantitative estimate of drug-likeness (QED) is 0.678. The van der Waals surface area contributed by atoms with Crippen molar-refractivity contribution >= 4 is 28.7 Å². The fourth-order valence-electron chi connectivity index (χ4n) is 2.51. The smallest absolute Gasteiger partial charge is 0.262 e. The maximum atomic E-state index is 12.5. The summed E-state index contributed by atoms with van der Waals surface area (Å²) in [6.07, 6.45) is 0. The van der Waals surface area contributed by atoms with E-state index in [1.165, 1.54) is 11.5 Å². The Morgan fingerprint density at radius 1 is 1.24 bits per heavy atom. The first-order valence-corrected chi connectivity index (χ1v) is 8.17. The lowest BCUT2D eigenvalue weighted by Gasteiger charge is -2.22. The molecule has 8 heteroatoms. The molecule has 0 aliphatic carbocycles. The first-order valence-electron chi connectivity index (χ1n) is 8.17. The molecule has 0 spiro atoms. The minimum absolute atomic E-state index is 0.0939. The Kier molecular flexibility index (Phi) is 5.74. The van der Waals surface area contributed by atoms with Gasteiger partial charge in [0, 0.05) is 13.5 Å². The SMILES string of the molecule is CCn1c(NNC(=O)C(NC(C)=O)C(C)C)nc2ccccc2c1=O. The third-order valence-corrected chi connectivity index (χ3v) is 3.78. The molecule has 8 nitrogen and oxygen atoms in total. The molecule has 1 unspecified atom stereocenters. The normalized spacial score (nSPS) is 12.0. The fraction of sp³-hybridized carbons (Fsp3) is 0.412. The number of nitrogens with zero attached hydrogens (tertiary/aromatic N) is 2. The van der Waals surface area contributed by atoms with E-state index < -0.39 is 11.9 Å². The number of fused-ring (bicyclic) bond motifs is 1. The van der Waals surface area contributed by atoms with E-state index in [9.17, 15) is 14.4 Å². The van der Waals surface area contributed by atoms with Crippen LogP contribution in [0.2, 0.25) is 0 Å². The molecule has 2 rings (SSSR count). The second-order valence-corrected chi connectivity index (χ2v) is 6.04. The van der Waals surface area contributed by atoms with Crippen LogP contribution in [0.3, 0.4) is 0 Å². The molecule has 0 radical (unpaired) electrons. The lowest BCUT2D eigenvalue weighted by Crippen LogP contribution is -2.51. The Morgan fingerprint density at radius 3 is 2.52 bits per heavy atom. The van der Waals surface area contributed by atoms with Gasteiger partial charge in [0.15, 0.2) is 0 Å². The number of hydrogen-bond donors (Lipinski definition) is 3. The third kappa shape index (κ3) is 4.14. The Morgan fingerprint density at radius 2 is 1.92 bits per heavy atom. The number of para-hydroxylation sites is 1. The minimum atomic E-state index is -0.688. The number of carbonyl (C=O) groups is 2. The number of hydrazine groups is 1. The molecule has 0 saturated carbocycles. The van der Waals surface area contributed by atoms with E-state index in [4.69, 9.17) is 0 Å². The van der Waals surface area contributed by atoms with E-state index in [1.807, 2.05) is 20.8 Å². The van der Waals surface area contributed by atoms with Crippen LogP contribution in [0, 0.1) is 5.92 Å². The van der Waals surface area contributed by atoms with Crippen LogP contribution >= 0.6 is 0 Å². The summed E-state index contributed by atoms with van der Waals surface area (Å²) in [4.78, 5) is 40.5. The Labute approximate surface area is 145 Å². The largest absolute Gasteiger partial charge is 0.344 e. The molecular formula is C17H23N5O3. The van der Waals surface area contributed by atoms with Crippen LogP contribution < -0.4 is 21.7 Å². The molecule has 2 aromatic rings. The highest BCUT2D eigenvalue weighted by atomic mass is 16.2. The molecule has 134 valence electrons. The van der Waals surface area contributed by atoms with Crippen molar-refractivity contribution < 1.29 is 9.59 Å². The molecule has 1 heterocycles. The van der Waals surface area contributed by atoms with Crippen LogP contribution in [0.1, 0.15) is 27.7 Å². The van der Waals surface area contributed by atoms with Crippen LogP contribution in [0.15, 0.2) is 29.1 Å². The van der Waals surface area contributed by atoms with Crippen molar-refractivity contribution in [1.29, 1.82) is 0 Å². The van der Waals surface area contributed by atoms with Gasteiger partial charge in [0.1, 0.15) is 6.04 Å². The van der Waals surface area contributed by atoms with Gasteiger partial charge in [0.05, 0.1) is 10.9 Å². The van der Waals surface area contributed by atoms with Crippen LogP contribution in [0.5, 0.6) is 0 Å². The number of benzene rings is 1. The van der Waals surface area contributed by atoms with Crippen molar-refractivity contribution in [3.63, 3.8) is 0 Å². The van der Waals surface area contributed by atoms with Gasteiger partial charge in [0.2, 0.25) is 11.9 Å². The second-order valence-electron chi connectivity index (χ2n) is 6.04. The van der Waals surface area contributed by atoms with E-state index in [-0.39, 0.29) is 23.3 Å². The third-order valence-electron chi connectivity index (χ3n) is 3.78. The van der Waals surface area contributed by atoms with Gasteiger partial charge in [-0.1, -0.05) is 26.0 Å². The average Bonchev–Trinajstić information content (AvgIpc) is 2.57. The molecule has 0 aliphatic rings. The summed E-state index contributed by atoms with van der Waals surface area (Å²) in [5.74, 6) is -0.549. The van der Waals surface area contributed by atoms with Crippen molar-refractivity contribution in [2.75, 3.05) is 5.43 Å². The van der Waals surface area contributed by atoms with E-state index in [0.717, 1.165) is 0 Å². The Balaban J connectivity index is 2.26. The average molecular weight is 345 g/mol. The fourth-order valence-corrected chi connectivity index (χ4v) is 2.51. The van der Waals surface area contributed by atoms with Gasteiger partial charge >= 0.3 is 0 Å². The van der Waals surface area contributed by atoms with Crippen molar-refractivity contribution in [2.45, 2.75) is 40.3 Å². The molecule has 1 atom stereocenters. The van der Waals surface area contributed by atoms with Gasteiger partial charge in [0.25, 0.3) is 11.5 Å². The second kappa shape index (κ2) is 7.78. The lowest BCUT2D eigenvalue weighted by atomic mass is 10.0. The number of amides is 2. The summed E-state index contributed by atoms with van der Waals surface area (Å²) in [7, 11) is 0. The topological polar surface area (TPSA) is 105 Å². The Hall–Kier alpha value is -2.90. The molecule has 1 aromatic carbocycles. The zero-order valence-corrected chi connectivity index (χ0v) is 14.8. The number of carbonyl (C=O) groups excluding carboxylic acids is 2. The Bertz CT molecular complexity index is 844. The molecule has 2 amide bonds. The van der Waals surface area contributed by atoms with Gasteiger partial charge in [-0.2, -0.15) is 0 Å². The van der Waals surface area contributed by atoms with Crippen molar-refractivity contribution in [3.8, 4) is 0 Å². The van der Waals surface area contributed by atoms with E-state index in [1.54, 1.807) is 24.3 Å². The van der Waals surface area contributed by atoms with E-state index in [0.29, 0.717) is 17.4 Å². The van der Waals surface area contributed by atoms with Crippen molar-refractivity contribution in [2.24, 2.45) is 5.92 Å². The van der Waals surface area contributed by atoms with E-state index in [2.05, 4.69) is 21.2 Å². The molecule has 3 N–H and O–H groups in total. The highest BCUT2D eigenvalue weighted by molar-refractivity contribution is 5.87. The van der Waals surface area contributed by atoms with E-state index >= 15 is 0 Å². The maximum absolute atomic E-state index is 12.5. The van der Waals surface area contributed by atoms with Gasteiger partial charge in [-0.15, -0.1) is 0 Å². The number of anilines is 1. The summed E-state index contributed by atoms with van der Waals surface area (Å²) >= 11 is 0. The standard InChI is InChI=1S/C17H23N5O3/c1-5-22-16(25)12-8-6-7-9-13(12)19-17(22)21-20-15(24)14(10(2)3)18-11(4)23/h6-10,14H,5H2,1-4H3,(H,18,23)(H,19,21)(H,20,24). The number of nitrogens with one attached hydrogen (secondary N) is 3. The summed E-state index contributed by atoms with van der Waals surface area (Å²) in [6.45, 7) is 7.23. The van der Waals surface area contributed by atoms with Gasteiger partial charge in [-0.05, 0) is 25.0 Å². The number of hydrogen-bond acceptors (Lipinski definition) is 5. The van der Waals surface area contributed by atoms with Crippen molar-refractivity contribution in [1.82, 2.24) is 20.3 Å². The summed E-state index contributed by atoms with van der Waals surface area (Å²) < 4.78 is 1.44. The predicted molar refractivity (Wildman–Crippen MR) is 95.9 cm³/mol. The van der Waals surface area contributed by atoms with Crippen LogP contribution in [-0.2, 0) is 16.1 Å². The summed E-state index contributed by atoms with van der Waals surface area (Å²) in [5.41, 5.74) is 5.58. The summed E-state index contributed by atoms with van der Waals surface area (Å²) in [5, 5.41) is 3.12. The number of rotatable bonds is 6. The minimum Gasteiger partial charge on any atom is -0.344 e. The van der Waals surface area contributed by atoms with Crippen LogP contribution in [-0.4, -0.2) is 27.4 Å². The van der Waals surface area contributed by atoms with Crippen molar-refractivity contribution in [3.05, 3.63) is 34.6 Å². The molecule has 25 heavy (non-hydrogen) atoms. The number of aromatic nitrogens is 2.